The quantitative estimate of drug-likeness (QED) is 0.0948. The Kier molecular flexibility index (Phi) is 11.6. The number of alkyl carbamates (subject to hydrolysis) is 1. The Bertz CT molecular complexity index is 1780. The van der Waals surface area contributed by atoms with E-state index in [1.165, 1.54) is 19.2 Å². The zero-order valence-electron chi connectivity index (χ0n) is 28.2. The molecule has 2 N–H and O–H groups in total. The molecule has 49 heavy (non-hydrogen) atoms. The van der Waals surface area contributed by atoms with Crippen molar-refractivity contribution in [3.05, 3.63) is 150 Å². The molecule has 4 aromatic rings. The predicted molar refractivity (Wildman–Crippen MR) is 194 cm³/mol. The van der Waals surface area contributed by atoms with Crippen LogP contribution in [0.3, 0.4) is 0 Å². The Morgan fingerprint density at radius 1 is 0.816 bits per heavy atom. The van der Waals surface area contributed by atoms with Crippen LogP contribution in [0.15, 0.2) is 133 Å². The highest BCUT2D eigenvalue weighted by Gasteiger charge is 2.39. The van der Waals surface area contributed by atoms with E-state index in [0.29, 0.717) is 0 Å². The summed E-state index contributed by atoms with van der Waals surface area (Å²) < 4.78 is 38.7. The number of hydrogen-bond donors (Lipinski definition) is 2. The fraction of sp³-hybridized carbons (Fsp3) is 0.237. The molecule has 1 atom stereocenters. The molecule has 0 saturated carbocycles. The molecule has 0 saturated heterocycles. The van der Waals surface area contributed by atoms with Crippen molar-refractivity contribution < 1.29 is 27.5 Å². The number of nitrogens with zero attached hydrogens (tertiary/aromatic N) is 1. The van der Waals surface area contributed by atoms with Crippen LogP contribution in [0.2, 0.25) is 0 Å². The molecule has 0 unspecified atom stereocenters. The molecule has 0 fully saturated rings. The minimum atomic E-state index is -4.05. The number of benzene rings is 4. The van der Waals surface area contributed by atoms with Gasteiger partial charge in [0, 0.05) is 7.05 Å². The van der Waals surface area contributed by atoms with Crippen LogP contribution in [0.5, 0.6) is 0 Å². The second-order valence-electron chi connectivity index (χ2n) is 12.4. The van der Waals surface area contributed by atoms with E-state index >= 15 is 0 Å². The van der Waals surface area contributed by atoms with Crippen LogP contribution in [0.1, 0.15) is 49.4 Å². The Morgan fingerprint density at radius 3 is 1.69 bits per heavy atom. The van der Waals surface area contributed by atoms with Gasteiger partial charge in [0.05, 0.1) is 11.3 Å². The molecule has 0 radical (unpaired) electrons. The first-order valence-electron chi connectivity index (χ1n) is 15.6. The first-order chi connectivity index (χ1) is 23.1. The maximum atomic E-state index is 14.2. The van der Waals surface area contributed by atoms with Crippen LogP contribution in [0.25, 0.3) is 0 Å². The summed E-state index contributed by atoms with van der Waals surface area (Å²) in [5, 5.41) is 5.58. The molecule has 0 aliphatic rings. The topological polar surface area (TPSA) is 114 Å². The third-order valence-electron chi connectivity index (χ3n) is 7.56. The lowest BCUT2D eigenvalue weighted by Crippen LogP contribution is -2.51. The summed E-state index contributed by atoms with van der Waals surface area (Å²) in [6, 6.07) is 33.7. The minimum absolute atomic E-state index is 0.0261. The highest BCUT2D eigenvalue weighted by Crippen LogP contribution is 2.37. The summed E-state index contributed by atoms with van der Waals surface area (Å²) in [5.41, 5.74) is 1.30. The van der Waals surface area contributed by atoms with Crippen LogP contribution in [0.4, 0.5) is 4.79 Å². The van der Waals surface area contributed by atoms with Gasteiger partial charge in [-0.2, -0.15) is 0 Å². The molecule has 11 heteroatoms. The Hall–Kier alpha value is -5.00. The molecule has 0 bridgehead atoms. The van der Waals surface area contributed by atoms with Gasteiger partial charge in [-0.15, -0.1) is 0 Å². The van der Waals surface area contributed by atoms with Crippen molar-refractivity contribution in [2.75, 3.05) is 7.05 Å². The molecular formula is C38H41N3O6S2. The Labute approximate surface area is 294 Å². The van der Waals surface area contributed by atoms with Crippen molar-refractivity contribution in [2.45, 2.75) is 56.2 Å². The third kappa shape index (κ3) is 9.13. The highest BCUT2D eigenvalue weighted by atomic mass is 32.2. The lowest BCUT2D eigenvalue weighted by atomic mass is 9.77. The maximum Gasteiger partial charge on any atom is 0.408 e. The van der Waals surface area contributed by atoms with Gasteiger partial charge >= 0.3 is 6.09 Å². The monoisotopic (exact) mass is 699 g/mol. The summed E-state index contributed by atoms with van der Waals surface area (Å²) in [4.78, 5) is 27.2. The van der Waals surface area contributed by atoms with Crippen molar-refractivity contribution in [1.29, 1.82) is 0 Å². The van der Waals surface area contributed by atoms with Crippen LogP contribution >= 0.6 is 12.2 Å². The molecule has 4 rings (SSSR count). The molecule has 2 amide bonds. The zero-order valence-corrected chi connectivity index (χ0v) is 29.8. The van der Waals surface area contributed by atoms with Crippen LogP contribution in [-0.4, -0.2) is 48.5 Å². The lowest BCUT2D eigenvalue weighted by molar-refractivity contribution is -0.122. The number of sulfonamides is 1. The van der Waals surface area contributed by atoms with E-state index in [4.69, 9.17) is 21.7 Å². The van der Waals surface area contributed by atoms with E-state index < -0.39 is 39.2 Å². The van der Waals surface area contributed by atoms with E-state index in [9.17, 15) is 18.0 Å². The van der Waals surface area contributed by atoms with Crippen LogP contribution in [-0.2, 0) is 29.8 Å². The second-order valence-corrected chi connectivity index (χ2v) is 14.8. The van der Waals surface area contributed by atoms with E-state index in [1.54, 1.807) is 32.9 Å². The van der Waals surface area contributed by atoms with E-state index in [2.05, 4.69) is 17.2 Å². The Balaban J connectivity index is 1.67. The number of rotatable bonds is 12. The standard InChI is InChI=1S/C38H41N3O6S2/c1-27-22-24-32(25-23-27)49(44,45)41(6)28(2)46-35(48)33(39-36(43)47-37(3,4)5)26-34(42)40-38(29-16-10-7-11-17-29,30-18-12-8-13-19-30)31-20-14-9-15-21-31/h7-25,33H,2,26H2,1,3-6H3,(H,39,43)(H,40,42)/t33-/m0/s1. The van der Waals surface area contributed by atoms with E-state index in [1.807, 2.05) is 97.9 Å². The summed E-state index contributed by atoms with van der Waals surface area (Å²) in [6.45, 7) is 10.7. The first kappa shape index (κ1) is 36.8. The molecule has 9 nitrogen and oxygen atoms in total. The average molecular weight is 700 g/mol. The molecule has 0 aliphatic heterocycles. The smallest absolute Gasteiger partial charge is 0.408 e. The van der Waals surface area contributed by atoms with Gasteiger partial charge in [0.15, 0.2) is 5.05 Å². The van der Waals surface area contributed by atoms with Gasteiger partial charge in [0.2, 0.25) is 11.8 Å². The largest absolute Gasteiger partial charge is 0.444 e. The molecular weight excluding hydrogens is 659 g/mol. The number of ether oxygens (including phenoxy) is 2. The fourth-order valence-corrected chi connectivity index (χ4v) is 6.46. The van der Waals surface area contributed by atoms with Gasteiger partial charge in [-0.05, 0) is 75.3 Å². The molecule has 0 spiro atoms. The van der Waals surface area contributed by atoms with Gasteiger partial charge in [-0.3, -0.25) is 4.79 Å². The number of carbonyl (C=O) groups is 2. The van der Waals surface area contributed by atoms with Crippen molar-refractivity contribution in [1.82, 2.24) is 14.9 Å². The zero-order chi connectivity index (χ0) is 35.8. The number of hydrogen-bond acceptors (Lipinski definition) is 7. The first-order valence-corrected chi connectivity index (χ1v) is 17.4. The van der Waals surface area contributed by atoms with Crippen LogP contribution in [0, 0.1) is 6.92 Å². The molecule has 0 aliphatic carbocycles. The maximum absolute atomic E-state index is 14.2. The second kappa shape index (κ2) is 15.5. The summed E-state index contributed by atoms with van der Waals surface area (Å²) in [6.07, 6.45) is -1.23. The van der Waals surface area contributed by atoms with Crippen molar-refractivity contribution >= 4 is 39.3 Å². The average Bonchev–Trinajstić information content (AvgIpc) is 3.07. The predicted octanol–water partition coefficient (Wildman–Crippen LogP) is 6.82. The number of thiocarbonyl (C=S) groups is 1. The van der Waals surface area contributed by atoms with Crippen LogP contribution < -0.4 is 10.6 Å². The highest BCUT2D eigenvalue weighted by molar-refractivity contribution is 7.89. The van der Waals surface area contributed by atoms with Gasteiger partial charge in [-0.25, -0.2) is 17.5 Å². The van der Waals surface area contributed by atoms with Gasteiger partial charge in [0.25, 0.3) is 10.0 Å². The molecule has 0 aromatic heterocycles. The fourth-order valence-electron chi connectivity index (χ4n) is 5.12. The summed E-state index contributed by atoms with van der Waals surface area (Å²) >= 11 is 5.57. The number of carbonyl (C=O) groups excluding carboxylic acids is 2. The Morgan fingerprint density at radius 2 is 1.27 bits per heavy atom. The third-order valence-corrected chi connectivity index (χ3v) is 9.72. The van der Waals surface area contributed by atoms with E-state index in [0.717, 1.165) is 26.6 Å². The van der Waals surface area contributed by atoms with Gasteiger partial charge < -0.3 is 20.1 Å². The molecule has 256 valence electrons. The normalized spacial score (nSPS) is 12.3. The number of nitrogens with one attached hydrogen (secondary N) is 2. The van der Waals surface area contributed by atoms with Gasteiger partial charge in [0.1, 0.15) is 17.2 Å². The molecule has 4 aromatic carbocycles. The SMILES string of the molecule is C=C(OC(=S)[C@H](CC(=O)NC(c1ccccc1)(c1ccccc1)c1ccccc1)NC(=O)OC(C)(C)C)N(C)S(=O)(=O)c1ccc(C)cc1. The van der Waals surface area contributed by atoms with Crippen molar-refractivity contribution in [3.8, 4) is 0 Å². The number of amides is 2. The van der Waals surface area contributed by atoms with Gasteiger partial charge in [-0.1, -0.05) is 109 Å². The van der Waals surface area contributed by atoms with Crippen molar-refractivity contribution in [2.24, 2.45) is 0 Å². The summed E-state index contributed by atoms with van der Waals surface area (Å²) in [5.74, 6) is -0.816. The van der Waals surface area contributed by atoms with Crippen molar-refractivity contribution in [3.63, 3.8) is 0 Å². The molecule has 0 heterocycles. The number of aryl methyl sites for hydroxylation is 1. The van der Waals surface area contributed by atoms with E-state index in [-0.39, 0.29) is 22.3 Å². The minimum Gasteiger partial charge on any atom is -0.444 e. The lowest BCUT2D eigenvalue weighted by Gasteiger charge is -2.37. The summed E-state index contributed by atoms with van der Waals surface area (Å²) in [7, 11) is -2.78.